The molecule has 0 aromatic carbocycles. The molecule has 0 saturated carbocycles. The molecule has 0 amide bonds. The van der Waals surface area contributed by atoms with Crippen LogP contribution in [0.2, 0.25) is 0 Å². The number of rotatable bonds is 4. The van der Waals surface area contributed by atoms with Gasteiger partial charge in [0.25, 0.3) is 0 Å². The van der Waals surface area contributed by atoms with Gasteiger partial charge >= 0.3 is 11.9 Å². The number of fused-ring (bicyclic) bond motifs is 1. The van der Waals surface area contributed by atoms with Crippen LogP contribution in [0, 0.1) is 0 Å². The first-order chi connectivity index (χ1) is 11.7. The van der Waals surface area contributed by atoms with Crippen LogP contribution in [0.5, 0.6) is 0 Å². The smallest absolute Gasteiger partial charge is 0.348 e. The van der Waals surface area contributed by atoms with Gasteiger partial charge in [0.1, 0.15) is 9.75 Å². The summed E-state index contributed by atoms with van der Waals surface area (Å²) >= 11 is 2.94. The SMILES string of the molecule is CCOC(=O)c1sc(C(=O)OCC)c2c1C1CCC2c2cscc21. The Morgan fingerprint density at radius 3 is 1.83 bits per heavy atom. The van der Waals surface area contributed by atoms with Gasteiger partial charge in [0.2, 0.25) is 0 Å². The topological polar surface area (TPSA) is 52.6 Å². The molecule has 2 aromatic rings. The quantitative estimate of drug-likeness (QED) is 0.750. The van der Waals surface area contributed by atoms with Crippen LogP contribution >= 0.6 is 22.7 Å². The molecule has 0 fully saturated rings. The fraction of sp³-hybridized carbons (Fsp3) is 0.444. The third kappa shape index (κ3) is 2.16. The molecule has 2 aromatic heterocycles. The van der Waals surface area contributed by atoms with E-state index in [1.807, 2.05) is 0 Å². The van der Waals surface area contributed by atoms with E-state index >= 15 is 0 Å². The van der Waals surface area contributed by atoms with Crippen LogP contribution < -0.4 is 0 Å². The second kappa shape index (κ2) is 6.01. The number of esters is 2. The molecule has 6 heteroatoms. The van der Waals surface area contributed by atoms with Crippen LogP contribution in [0.15, 0.2) is 10.8 Å². The standard InChI is InChI=1S/C18H18O4S2/c1-3-21-17(19)15-13-9-5-6-10(12-8-23-7-11(9)12)14(13)16(24-15)18(20)22-4-2/h7-10H,3-6H2,1-2H3. The van der Waals surface area contributed by atoms with Gasteiger partial charge in [-0.25, -0.2) is 9.59 Å². The van der Waals surface area contributed by atoms with Crippen molar-refractivity contribution in [2.24, 2.45) is 0 Å². The lowest BCUT2D eigenvalue weighted by atomic mass is 9.65. The van der Waals surface area contributed by atoms with Crippen molar-refractivity contribution in [1.82, 2.24) is 0 Å². The zero-order valence-corrected chi connectivity index (χ0v) is 15.2. The second-order valence-electron chi connectivity index (χ2n) is 5.99. The van der Waals surface area contributed by atoms with Gasteiger partial charge in [-0.1, -0.05) is 0 Å². The number of ether oxygens (including phenoxy) is 2. The summed E-state index contributed by atoms with van der Waals surface area (Å²) in [4.78, 5) is 26.1. The van der Waals surface area contributed by atoms with Crippen molar-refractivity contribution in [2.45, 2.75) is 38.5 Å². The van der Waals surface area contributed by atoms with E-state index < -0.39 is 0 Å². The van der Waals surface area contributed by atoms with Crippen LogP contribution in [-0.2, 0) is 9.47 Å². The molecule has 2 atom stereocenters. The Balaban J connectivity index is 1.90. The molecule has 0 N–H and O–H groups in total. The number of carbonyl (C=O) groups is 2. The minimum atomic E-state index is -0.321. The van der Waals surface area contributed by atoms with Crippen molar-refractivity contribution in [3.63, 3.8) is 0 Å². The average Bonchev–Trinajstić information content (AvgIpc) is 3.22. The van der Waals surface area contributed by atoms with E-state index in [1.165, 1.54) is 22.5 Å². The van der Waals surface area contributed by atoms with Crippen LogP contribution in [0.25, 0.3) is 0 Å². The van der Waals surface area contributed by atoms with Crippen molar-refractivity contribution in [2.75, 3.05) is 13.2 Å². The lowest BCUT2D eigenvalue weighted by molar-refractivity contribution is 0.0521. The van der Waals surface area contributed by atoms with Gasteiger partial charge in [0.15, 0.2) is 0 Å². The van der Waals surface area contributed by atoms with Gasteiger partial charge in [-0.05, 0) is 59.7 Å². The molecule has 5 rings (SSSR count). The van der Waals surface area contributed by atoms with E-state index in [9.17, 15) is 9.59 Å². The Bertz CT molecular complexity index is 754. The first kappa shape index (κ1) is 15.8. The first-order valence-electron chi connectivity index (χ1n) is 8.24. The molecule has 2 unspecified atom stereocenters. The highest BCUT2D eigenvalue weighted by Crippen LogP contribution is 2.57. The summed E-state index contributed by atoms with van der Waals surface area (Å²) < 4.78 is 10.5. The average molecular weight is 362 g/mol. The normalized spacial score (nSPS) is 20.4. The van der Waals surface area contributed by atoms with Crippen molar-refractivity contribution in [3.8, 4) is 0 Å². The van der Waals surface area contributed by atoms with Gasteiger partial charge in [0.05, 0.1) is 13.2 Å². The summed E-state index contributed by atoms with van der Waals surface area (Å²) in [5.74, 6) is -0.243. The van der Waals surface area contributed by atoms with Gasteiger partial charge in [-0.15, -0.1) is 11.3 Å². The van der Waals surface area contributed by atoms with Gasteiger partial charge < -0.3 is 9.47 Å². The van der Waals surface area contributed by atoms with E-state index in [-0.39, 0.29) is 23.8 Å². The number of hydrogen-bond acceptors (Lipinski definition) is 6. The summed E-state index contributed by atoms with van der Waals surface area (Å²) in [5.41, 5.74) is 4.68. The molecule has 0 spiro atoms. The Kier molecular flexibility index (Phi) is 3.96. The second-order valence-corrected chi connectivity index (χ2v) is 7.76. The highest BCUT2D eigenvalue weighted by atomic mass is 32.1. The van der Waals surface area contributed by atoms with Gasteiger partial charge in [-0.3, -0.25) is 0 Å². The van der Waals surface area contributed by atoms with Gasteiger partial charge in [0, 0.05) is 11.8 Å². The molecule has 126 valence electrons. The zero-order valence-electron chi connectivity index (χ0n) is 13.6. The lowest BCUT2D eigenvalue weighted by Crippen LogP contribution is -2.25. The van der Waals surface area contributed by atoms with Crippen molar-refractivity contribution < 1.29 is 19.1 Å². The summed E-state index contributed by atoms with van der Waals surface area (Å²) in [5, 5.41) is 4.37. The van der Waals surface area contributed by atoms with Crippen molar-refractivity contribution in [3.05, 3.63) is 42.8 Å². The first-order valence-corrected chi connectivity index (χ1v) is 10.00. The molecule has 0 aliphatic heterocycles. The van der Waals surface area contributed by atoms with E-state index in [0.29, 0.717) is 23.0 Å². The molecule has 0 saturated heterocycles. The fourth-order valence-corrected chi connectivity index (χ4v) is 6.15. The van der Waals surface area contributed by atoms with Crippen LogP contribution in [-0.4, -0.2) is 25.2 Å². The van der Waals surface area contributed by atoms with Gasteiger partial charge in [-0.2, -0.15) is 11.3 Å². The Morgan fingerprint density at radius 1 is 0.958 bits per heavy atom. The molecule has 24 heavy (non-hydrogen) atoms. The highest BCUT2D eigenvalue weighted by Gasteiger charge is 2.45. The van der Waals surface area contributed by atoms with E-state index in [0.717, 1.165) is 24.0 Å². The van der Waals surface area contributed by atoms with E-state index in [4.69, 9.17) is 9.47 Å². The Morgan fingerprint density at radius 2 is 1.42 bits per heavy atom. The van der Waals surface area contributed by atoms with E-state index in [2.05, 4.69) is 10.8 Å². The Labute approximate surface area is 148 Å². The van der Waals surface area contributed by atoms with Crippen LogP contribution in [0.4, 0.5) is 0 Å². The lowest BCUT2D eigenvalue weighted by Gasteiger charge is -2.37. The predicted octanol–water partition coefficient (Wildman–Crippen LogP) is 4.53. The summed E-state index contributed by atoms with van der Waals surface area (Å²) in [6.45, 7) is 4.26. The minimum absolute atomic E-state index is 0.199. The van der Waals surface area contributed by atoms with E-state index in [1.54, 1.807) is 25.2 Å². The molecule has 0 radical (unpaired) electrons. The highest BCUT2D eigenvalue weighted by molar-refractivity contribution is 7.16. The monoisotopic (exact) mass is 362 g/mol. The number of thiophene rings is 2. The Hall–Kier alpha value is -1.66. The minimum Gasteiger partial charge on any atom is -0.462 e. The predicted molar refractivity (Wildman–Crippen MR) is 93.5 cm³/mol. The summed E-state index contributed by atoms with van der Waals surface area (Å²) in [7, 11) is 0. The third-order valence-corrected chi connectivity index (χ3v) is 6.78. The van der Waals surface area contributed by atoms with Crippen LogP contribution in [0.1, 0.15) is 80.1 Å². The molecule has 3 aliphatic rings. The summed E-state index contributed by atoms with van der Waals surface area (Å²) in [6.07, 6.45) is 2.04. The largest absolute Gasteiger partial charge is 0.462 e. The maximum absolute atomic E-state index is 12.5. The maximum atomic E-state index is 12.5. The fourth-order valence-electron chi connectivity index (χ4n) is 3.97. The number of hydrogen-bond donors (Lipinski definition) is 0. The molecular weight excluding hydrogens is 344 g/mol. The van der Waals surface area contributed by atoms with Crippen LogP contribution in [0.3, 0.4) is 0 Å². The van der Waals surface area contributed by atoms with Crippen molar-refractivity contribution in [1.29, 1.82) is 0 Å². The third-order valence-electron chi connectivity index (χ3n) is 4.82. The maximum Gasteiger partial charge on any atom is 0.348 e. The summed E-state index contributed by atoms with van der Waals surface area (Å²) in [6, 6.07) is 0. The van der Waals surface area contributed by atoms with Crippen molar-refractivity contribution >= 4 is 34.6 Å². The molecule has 2 heterocycles. The molecule has 4 nitrogen and oxygen atoms in total. The molecular formula is C18H18O4S2. The zero-order chi connectivity index (χ0) is 16.8. The number of carbonyl (C=O) groups excluding carboxylic acids is 2. The molecule has 3 aliphatic carbocycles. The molecule has 2 bridgehead atoms.